The molecule has 1 aliphatic heterocycles. The Labute approximate surface area is 187 Å². The minimum Gasteiger partial charge on any atom is -0.468 e. The number of ketones is 1. The third kappa shape index (κ3) is 3.49. The number of benzene rings is 2. The number of methoxy groups -OCH3 is 1. The van der Waals surface area contributed by atoms with Gasteiger partial charge < -0.3 is 14.8 Å². The van der Waals surface area contributed by atoms with Gasteiger partial charge >= 0.3 is 11.9 Å². The summed E-state index contributed by atoms with van der Waals surface area (Å²) < 4.78 is 10.3. The average molecular weight is 434 g/mol. The molecule has 2 aromatic carbocycles. The van der Waals surface area contributed by atoms with Gasteiger partial charge in [-0.05, 0) is 42.5 Å². The highest BCUT2D eigenvalue weighted by molar-refractivity contribution is 6.13. The molecule has 0 fully saturated rings. The molecular weight excluding hydrogens is 406 g/mol. The predicted molar refractivity (Wildman–Crippen MR) is 120 cm³/mol. The van der Waals surface area contributed by atoms with Crippen molar-refractivity contribution in [3.8, 4) is 0 Å². The normalized spacial score (nSPS) is 23.0. The third-order valence-corrected chi connectivity index (χ3v) is 6.37. The molecule has 1 N–H and O–H groups in total. The second kappa shape index (κ2) is 8.61. The molecule has 1 heterocycles. The lowest BCUT2D eigenvalue weighted by Crippen LogP contribution is -2.43. The molecule has 6 nitrogen and oxygen atoms in total. The summed E-state index contributed by atoms with van der Waals surface area (Å²) in [6.07, 6.45) is 0.509. The Kier molecular flexibility index (Phi) is 5.87. The molecule has 3 atom stereocenters. The lowest BCUT2D eigenvalue weighted by Gasteiger charge is -2.38. The first-order chi connectivity index (χ1) is 15.4. The summed E-state index contributed by atoms with van der Waals surface area (Å²) in [6, 6.07) is 13.7. The largest absolute Gasteiger partial charge is 0.468 e. The van der Waals surface area contributed by atoms with Crippen molar-refractivity contribution in [2.24, 2.45) is 11.8 Å². The predicted octanol–water partition coefficient (Wildman–Crippen LogP) is 4.02. The molecule has 0 amide bonds. The van der Waals surface area contributed by atoms with E-state index in [9.17, 15) is 14.4 Å². The van der Waals surface area contributed by atoms with Crippen molar-refractivity contribution < 1.29 is 23.9 Å². The van der Waals surface area contributed by atoms with Crippen LogP contribution in [-0.2, 0) is 23.9 Å². The highest BCUT2D eigenvalue weighted by atomic mass is 16.5. The van der Waals surface area contributed by atoms with E-state index in [4.69, 9.17) is 9.47 Å². The highest BCUT2D eigenvalue weighted by Crippen LogP contribution is 2.46. The van der Waals surface area contributed by atoms with Gasteiger partial charge in [-0.15, -0.1) is 0 Å². The Bertz CT molecular complexity index is 1170. The first-order valence-electron chi connectivity index (χ1n) is 10.9. The Hall–Kier alpha value is -3.41. The van der Waals surface area contributed by atoms with Crippen molar-refractivity contribution in [2.75, 3.05) is 13.7 Å². The molecule has 166 valence electrons. The molecule has 0 radical (unpaired) electrons. The highest BCUT2D eigenvalue weighted by Gasteiger charge is 2.47. The second-order valence-electron chi connectivity index (χ2n) is 8.32. The van der Waals surface area contributed by atoms with Gasteiger partial charge in [0.15, 0.2) is 5.78 Å². The van der Waals surface area contributed by atoms with E-state index in [0.29, 0.717) is 23.3 Å². The molecule has 32 heavy (non-hydrogen) atoms. The van der Waals surface area contributed by atoms with Gasteiger partial charge in [-0.3, -0.25) is 9.59 Å². The number of carbonyl (C=O) groups is 3. The van der Waals surface area contributed by atoms with E-state index in [1.165, 1.54) is 7.11 Å². The van der Waals surface area contributed by atoms with Crippen LogP contribution < -0.4 is 5.32 Å². The van der Waals surface area contributed by atoms with Crippen LogP contribution in [0.25, 0.3) is 10.8 Å². The molecule has 4 rings (SSSR count). The van der Waals surface area contributed by atoms with Crippen molar-refractivity contribution in [1.82, 2.24) is 5.32 Å². The van der Waals surface area contributed by atoms with Crippen LogP contribution in [0.1, 0.15) is 38.7 Å². The average Bonchev–Trinajstić information content (AvgIpc) is 2.77. The van der Waals surface area contributed by atoms with E-state index < -0.39 is 23.8 Å². The summed E-state index contributed by atoms with van der Waals surface area (Å²) in [5.74, 6) is -3.07. The first-order valence-corrected chi connectivity index (χ1v) is 10.9. The zero-order valence-electron chi connectivity index (χ0n) is 18.7. The molecular formula is C26H27NO5. The number of nitrogens with one attached hydrogen (secondary N) is 1. The Morgan fingerprint density at radius 1 is 1.12 bits per heavy atom. The van der Waals surface area contributed by atoms with E-state index in [0.717, 1.165) is 22.0 Å². The van der Waals surface area contributed by atoms with Gasteiger partial charge in [-0.2, -0.15) is 0 Å². The van der Waals surface area contributed by atoms with Crippen LogP contribution in [-0.4, -0.2) is 31.4 Å². The lowest BCUT2D eigenvalue weighted by molar-refractivity contribution is -0.151. The topological polar surface area (TPSA) is 81.7 Å². The minimum atomic E-state index is -0.903. The summed E-state index contributed by atoms with van der Waals surface area (Å²) in [5, 5.41) is 5.23. The molecule has 0 spiro atoms. The Balaban J connectivity index is 1.97. The molecule has 0 saturated heterocycles. The quantitative estimate of drug-likeness (QED) is 0.579. The Morgan fingerprint density at radius 2 is 1.84 bits per heavy atom. The number of allylic oxidation sites excluding steroid dienone is 3. The maximum absolute atomic E-state index is 13.7. The van der Waals surface area contributed by atoms with E-state index in [-0.39, 0.29) is 18.3 Å². The zero-order chi connectivity index (χ0) is 23.0. The monoisotopic (exact) mass is 433 g/mol. The van der Waals surface area contributed by atoms with Crippen LogP contribution >= 0.6 is 0 Å². The summed E-state index contributed by atoms with van der Waals surface area (Å²) in [5.41, 5.74) is 3.10. The number of esters is 2. The minimum absolute atomic E-state index is 0.216. The molecule has 6 heteroatoms. The van der Waals surface area contributed by atoms with Crippen molar-refractivity contribution >= 4 is 28.5 Å². The summed E-state index contributed by atoms with van der Waals surface area (Å²) in [4.78, 5) is 39.4. The van der Waals surface area contributed by atoms with Crippen LogP contribution in [0.15, 0.2) is 65.0 Å². The van der Waals surface area contributed by atoms with Crippen LogP contribution in [0.2, 0.25) is 0 Å². The number of hydrogen-bond acceptors (Lipinski definition) is 6. The SMILES string of the molecule is CCOC(=O)C1=C(C)NC2=C(C(=O)C(C(=O)OC)C(C)C2)C1c1cccc2ccccc12. The maximum Gasteiger partial charge on any atom is 0.336 e. The number of Topliss-reactive ketones (excluding diaryl/α,β-unsaturated/α-hetero) is 1. The van der Waals surface area contributed by atoms with E-state index in [2.05, 4.69) is 5.32 Å². The number of rotatable bonds is 4. The number of ether oxygens (including phenoxy) is 2. The molecule has 0 aromatic heterocycles. The number of carbonyl (C=O) groups excluding carboxylic acids is 3. The summed E-state index contributed by atoms with van der Waals surface area (Å²) >= 11 is 0. The summed E-state index contributed by atoms with van der Waals surface area (Å²) in [6.45, 7) is 5.68. The van der Waals surface area contributed by atoms with Crippen LogP contribution in [0.3, 0.4) is 0 Å². The fourth-order valence-corrected chi connectivity index (χ4v) is 4.97. The number of fused-ring (bicyclic) bond motifs is 1. The van der Waals surface area contributed by atoms with Gasteiger partial charge in [-0.25, -0.2) is 4.79 Å². The van der Waals surface area contributed by atoms with Crippen LogP contribution in [0.5, 0.6) is 0 Å². The Morgan fingerprint density at radius 3 is 2.56 bits per heavy atom. The van der Waals surface area contributed by atoms with Gasteiger partial charge in [0.25, 0.3) is 0 Å². The zero-order valence-corrected chi connectivity index (χ0v) is 18.7. The van der Waals surface area contributed by atoms with Gasteiger partial charge in [0, 0.05) is 22.9 Å². The molecule has 3 unspecified atom stereocenters. The van der Waals surface area contributed by atoms with Gasteiger partial charge in [-0.1, -0.05) is 49.4 Å². The third-order valence-electron chi connectivity index (χ3n) is 6.37. The van der Waals surface area contributed by atoms with E-state index in [1.54, 1.807) is 6.92 Å². The van der Waals surface area contributed by atoms with Gasteiger partial charge in [0.2, 0.25) is 0 Å². The van der Waals surface area contributed by atoms with E-state index in [1.807, 2.05) is 56.3 Å². The van der Waals surface area contributed by atoms with Crippen molar-refractivity contribution in [3.05, 3.63) is 70.6 Å². The van der Waals surface area contributed by atoms with Crippen molar-refractivity contribution in [3.63, 3.8) is 0 Å². The van der Waals surface area contributed by atoms with Gasteiger partial charge in [0.05, 0.1) is 19.3 Å². The summed E-state index contributed by atoms with van der Waals surface area (Å²) in [7, 11) is 1.29. The standard InChI is InChI=1S/C26H27NO5/c1-5-32-26(30)21-15(3)27-19-13-14(2)20(25(29)31-4)24(28)23(19)22(21)18-12-8-10-16-9-6-7-11-17(16)18/h6-12,14,20,22,27H,5,13H2,1-4H3. The maximum atomic E-state index is 13.7. The van der Waals surface area contributed by atoms with Crippen LogP contribution in [0, 0.1) is 11.8 Å². The van der Waals surface area contributed by atoms with E-state index >= 15 is 0 Å². The van der Waals surface area contributed by atoms with Crippen molar-refractivity contribution in [2.45, 2.75) is 33.1 Å². The fraction of sp³-hybridized carbons (Fsp3) is 0.346. The first kappa shape index (κ1) is 21.8. The number of hydrogen-bond donors (Lipinski definition) is 1. The molecule has 0 bridgehead atoms. The smallest absolute Gasteiger partial charge is 0.336 e. The fourth-order valence-electron chi connectivity index (χ4n) is 4.97. The number of dihydropyridines is 1. The lowest BCUT2D eigenvalue weighted by atomic mass is 9.68. The van der Waals surface area contributed by atoms with Crippen molar-refractivity contribution in [1.29, 1.82) is 0 Å². The molecule has 0 saturated carbocycles. The second-order valence-corrected chi connectivity index (χ2v) is 8.32. The van der Waals surface area contributed by atoms with Gasteiger partial charge in [0.1, 0.15) is 5.92 Å². The molecule has 1 aliphatic carbocycles. The van der Waals surface area contributed by atoms with Crippen LogP contribution in [0.4, 0.5) is 0 Å². The molecule has 2 aromatic rings. The molecule has 2 aliphatic rings.